The van der Waals surface area contributed by atoms with E-state index in [1.807, 2.05) is 60.2 Å². The molecule has 0 fully saturated rings. The zero-order valence-electron chi connectivity index (χ0n) is 15.9. The van der Waals surface area contributed by atoms with Gasteiger partial charge in [-0.3, -0.25) is 9.69 Å². The van der Waals surface area contributed by atoms with Crippen molar-refractivity contribution in [3.8, 4) is 11.5 Å². The van der Waals surface area contributed by atoms with Crippen LogP contribution in [0.25, 0.3) is 0 Å². The third-order valence-electron chi connectivity index (χ3n) is 5.08. The fraction of sp³-hybridized carbons (Fsp3) is 0.381. The monoisotopic (exact) mass is 354 g/mol. The van der Waals surface area contributed by atoms with Crippen molar-refractivity contribution in [2.45, 2.75) is 25.9 Å². The highest BCUT2D eigenvalue weighted by Crippen LogP contribution is 2.32. The first kappa shape index (κ1) is 18.3. The van der Waals surface area contributed by atoms with E-state index < -0.39 is 0 Å². The molecule has 5 nitrogen and oxygen atoms in total. The van der Waals surface area contributed by atoms with Crippen molar-refractivity contribution in [3.05, 3.63) is 53.6 Å². The summed E-state index contributed by atoms with van der Waals surface area (Å²) in [5.41, 5.74) is 3.28. The average Bonchev–Trinajstić information content (AvgIpc) is 3.10. The van der Waals surface area contributed by atoms with Crippen LogP contribution in [-0.2, 0) is 17.8 Å². The normalized spacial score (nSPS) is 14.3. The number of methoxy groups -OCH3 is 2. The molecule has 0 spiro atoms. The largest absolute Gasteiger partial charge is 0.493 e. The van der Waals surface area contributed by atoms with Crippen LogP contribution in [0, 0.1) is 0 Å². The van der Waals surface area contributed by atoms with Crippen molar-refractivity contribution in [3.63, 3.8) is 0 Å². The second-order valence-electron chi connectivity index (χ2n) is 6.61. The molecule has 0 bridgehead atoms. The lowest BCUT2D eigenvalue weighted by atomic mass is 10.1. The molecule has 0 N–H and O–H groups in total. The second kappa shape index (κ2) is 7.79. The molecule has 0 saturated carbocycles. The van der Waals surface area contributed by atoms with Crippen LogP contribution in [0.3, 0.4) is 0 Å². The van der Waals surface area contributed by atoms with Crippen LogP contribution in [0.2, 0.25) is 0 Å². The van der Waals surface area contributed by atoms with Crippen LogP contribution < -0.4 is 14.4 Å². The van der Waals surface area contributed by atoms with Gasteiger partial charge in [-0.05, 0) is 38.1 Å². The molecule has 1 atom stereocenters. The van der Waals surface area contributed by atoms with Gasteiger partial charge in [0.05, 0.1) is 20.3 Å². The van der Waals surface area contributed by atoms with Gasteiger partial charge in [0, 0.05) is 24.3 Å². The minimum absolute atomic E-state index is 0.124. The van der Waals surface area contributed by atoms with Gasteiger partial charge in [0.2, 0.25) is 5.91 Å². The molecule has 1 aliphatic heterocycles. The second-order valence-corrected chi connectivity index (χ2v) is 6.61. The highest BCUT2D eigenvalue weighted by atomic mass is 16.5. The topological polar surface area (TPSA) is 42.0 Å². The minimum Gasteiger partial charge on any atom is -0.493 e. The predicted molar refractivity (Wildman–Crippen MR) is 103 cm³/mol. The quantitative estimate of drug-likeness (QED) is 0.799. The summed E-state index contributed by atoms with van der Waals surface area (Å²) in [7, 11) is 5.23. The van der Waals surface area contributed by atoms with Crippen LogP contribution in [0.1, 0.15) is 18.1 Å². The molecule has 26 heavy (non-hydrogen) atoms. The number of anilines is 1. The molecule has 1 aliphatic rings. The van der Waals surface area contributed by atoms with Crippen molar-refractivity contribution < 1.29 is 14.3 Å². The molecule has 0 unspecified atom stereocenters. The Labute approximate surface area is 155 Å². The summed E-state index contributed by atoms with van der Waals surface area (Å²) in [4.78, 5) is 17.0. The molecule has 2 aromatic rings. The molecular formula is C21H26N2O3. The van der Waals surface area contributed by atoms with Crippen molar-refractivity contribution >= 4 is 11.6 Å². The van der Waals surface area contributed by atoms with E-state index in [9.17, 15) is 4.79 Å². The van der Waals surface area contributed by atoms with Crippen molar-refractivity contribution in [2.75, 3.05) is 32.7 Å². The van der Waals surface area contributed by atoms with E-state index in [1.54, 1.807) is 14.2 Å². The van der Waals surface area contributed by atoms with Gasteiger partial charge < -0.3 is 14.4 Å². The fourth-order valence-electron chi connectivity index (χ4n) is 3.47. The van der Waals surface area contributed by atoms with Crippen LogP contribution in [0.5, 0.6) is 11.5 Å². The number of para-hydroxylation sites is 2. The molecule has 0 aromatic heterocycles. The Hall–Kier alpha value is -2.53. The third-order valence-corrected chi connectivity index (χ3v) is 5.08. The molecule has 1 heterocycles. The number of carbonyl (C=O) groups is 1. The number of carbonyl (C=O) groups excluding carboxylic acids is 1. The molecule has 5 heteroatoms. The lowest BCUT2D eigenvalue weighted by molar-refractivity contribution is -0.122. The average molecular weight is 354 g/mol. The predicted octanol–water partition coefficient (Wildman–Crippen LogP) is 3.11. The maximum absolute atomic E-state index is 13.0. The number of amides is 1. The first-order chi connectivity index (χ1) is 12.6. The molecule has 0 aliphatic carbocycles. The zero-order chi connectivity index (χ0) is 18.7. The number of hydrogen-bond donors (Lipinski definition) is 0. The Morgan fingerprint density at radius 1 is 1.15 bits per heavy atom. The van der Waals surface area contributed by atoms with E-state index in [0.717, 1.165) is 24.2 Å². The molecule has 0 radical (unpaired) electrons. The summed E-state index contributed by atoms with van der Waals surface area (Å²) in [6.07, 6.45) is 0.919. The summed E-state index contributed by atoms with van der Waals surface area (Å²) in [5.74, 6) is 1.54. The SMILES string of the molecule is COc1cccc(CN(C)[C@H](C)C(=O)N2CCc3ccccc32)c1OC. The maximum Gasteiger partial charge on any atom is 0.244 e. The first-order valence-corrected chi connectivity index (χ1v) is 8.86. The summed E-state index contributed by atoms with van der Waals surface area (Å²) in [5, 5.41) is 0. The Bertz CT molecular complexity index is 791. The molecule has 138 valence electrons. The van der Waals surface area contributed by atoms with Crippen LogP contribution in [-0.4, -0.2) is 44.7 Å². The van der Waals surface area contributed by atoms with Gasteiger partial charge in [-0.15, -0.1) is 0 Å². The van der Waals surface area contributed by atoms with E-state index in [0.29, 0.717) is 18.0 Å². The van der Waals surface area contributed by atoms with Crippen LogP contribution in [0.15, 0.2) is 42.5 Å². The Kier molecular flexibility index (Phi) is 5.47. The lowest BCUT2D eigenvalue weighted by Gasteiger charge is -2.29. The van der Waals surface area contributed by atoms with Crippen LogP contribution >= 0.6 is 0 Å². The van der Waals surface area contributed by atoms with Crippen molar-refractivity contribution in [1.82, 2.24) is 4.90 Å². The molecule has 0 saturated heterocycles. The standard InChI is InChI=1S/C21H26N2O3/c1-15(21(24)23-13-12-16-8-5-6-10-18(16)23)22(2)14-17-9-7-11-19(25-3)20(17)26-4/h5-11,15H,12-14H2,1-4H3/t15-/m1/s1. The number of benzene rings is 2. The van der Waals surface area contributed by atoms with Crippen molar-refractivity contribution in [2.24, 2.45) is 0 Å². The Balaban J connectivity index is 1.75. The molecule has 1 amide bonds. The van der Waals surface area contributed by atoms with Gasteiger partial charge in [0.15, 0.2) is 11.5 Å². The van der Waals surface area contributed by atoms with Crippen LogP contribution in [0.4, 0.5) is 5.69 Å². The Morgan fingerprint density at radius 2 is 1.92 bits per heavy atom. The number of likely N-dealkylation sites (N-methyl/N-ethyl adjacent to an activating group) is 1. The van der Waals surface area contributed by atoms with E-state index in [-0.39, 0.29) is 11.9 Å². The van der Waals surface area contributed by atoms with E-state index in [1.165, 1.54) is 5.56 Å². The summed E-state index contributed by atoms with van der Waals surface area (Å²) in [6, 6.07) is 13.7. The highest BCUT2D eigenvalue weighted by Gasteiger charge is 2.30. The first-order valence-electron chi connectivity index (χ1n) is 8.86. The van der Waals surface area contributed by atoms with Gasteiger partial charge in [0.1, 0.15) is 0 Å². The molecule has 3 rings (SSSR count). The third kappa shape index (κ3) is 3.40. The smallest absolute Gasteiger partial charge is 0.244 e. The number of rotatable bonds is 6. The number of hydrogen-bond acceptors (Lipinski definition) is 4. The minimum atomic E-state index is -0.239. The van der Waals surface area contributed by atoms with Gasteiger partial charge in [-0.25, -0.2) is 0 Å². The summed E-state index contributed by atoms with van der Waals surface area (Å²) >= 11 is 0. The highest BCUT2D eigenvalue weighted by molar-refractivity contribution is 5.98. The molecule has 2 aromatic carbocycles. The molecular weight excluding hydrogens is 328 g/mol. The van der Waals surface area contributed by atoms with Gasteiger partial charge in [-0.1, -0.05) is 30.3 Å². The lowest BCUT2D eigenvalue weighted by Crippen LogP contribution is -2.45. The zero-order valence-corrected chi connectivity index (χ0v) is 15.9. The maximum atomic E-state index is 13.0. The van der Waals surface area contributed by atoms with E-state index >= 15 is 0 Å². The number of nitrogens with zero attached hydrogens (tertiary/aromatic N) is 2. The number of ether oxygens (including phenoxy) is 2. The fourth-order valence-corrected chi connectivity index (χ4v) is 3.47. The van der Waals surface area contributed by atoms with Crippen molar-refractivity contribution in [1.29, 1.82) is 0 Å². The number of fused-ring (bicyclic) bond motifs is 1. The van der Waals surface area contributed by atoms with Gasteiger partial charge >= 0.3 is 0 Å². The summed E-state index contributed by atoms with van der Waals surface area (Å²) in [6.45, 7) is 3.30. The van der Waals surface area contributed by atoms with E-state index in [2.05, 4.69) is 6.07 Å². The van der Waals surface area contributed by atoms with E-state index in [4.69, 9.17) is 9.47 Å². The van der Waals surface area contributed by atoms with Gasteiger partial charge in [-0.2, -0.15) is 0 Å². The Morgan fingerprint density at radius 3 is 2.65 bits per heavy atom. The summed E-state index contributed by atoms with van der Waals surface area (Å²) < 4.78 is 10.9. The van der Waals surface area contributed by atoms with Gasteiger partial charge in [0.25, 0.3) is 0 Å².